The first kappa shape index (κ1) is 14.9. The third kappa shape index (κ3) is 5.00. The molecule has 102 valence electrons. The fraction of sp³-hybridized carbons (Fsp3) is 0.714. The molecule has 0 saturated heterocycles. The highest BCUT2D eigenvalue weighted by atomic mass is 16.5. The van der Waals surface area contributed by atoms with Crippen LogP contribution in [0.2, 0.25) is 0 Å². The van der Waals surface area contributed by atoms with Gasteiger partial charge in [-0.1, -0.05) is 20.8 Å². The van der Waals surface area contributed by atoms with E-state index in [4.69, 9.17) is 4.74 Å². The number of hydrogen-bond donors (Lipinski definition) is 1. The lowest BCUT2D eigenvalue weighted by molar-refractivity contribution is 0.157. The van der Waals surface area contributed by atoms with Crippen molar-refractivity contribution in [3.05, 3.63) is 17.6 Å². The summed E-state index contributed by atoms with van der Waals surface area (Å²) in [5, 5.41) is 3.40. The lowest BCUT2D eigenvalue weighted by Crippen LogP contribution is -2.25. The number of methoxy groups -OCH3 is 1. The zero-order chi connectivity index (χ0) is 13.6. The largest absolute Gasteiger partial charge is 0.385 e. The Labute approximate surface area is 110 Å². The van der Waals surface area contributed by atoms with Crippen LogP contribution >= 0.6 is 0 Å². The van der Waals surface area contributed by atoms with Crippen LogP contribution in [0.4, 0.5) is 5.82 Å². The van der Waals surface area contributed by atoms with Crippen molar-refractivity contribution in [2.75, 3.05) is 25.6 Å². The van der Waals surface area contributed by atoms with E-state index in [2.05, 4.69) is 36.1 Å². The molecule has 1 aromatic heterocycles. The number of nitrogens with one attached hydrogen (secondary N) is 1. The van der Waals surface area contributed by atoms with Gasteiger partial charge in [0.25, 0.3) is 0 Å². The molecule has 0 aliphatic carbocycles. The highest BCUT2D eigenvalue weighted by molar-refractivity contribution is 5.36. The second-order valence-electron chi connectivity index (χ2n) is 5.41. The van der Waals surface area contributed by atoms with Gasteiger partial charge >= 0.3 is 0 Å². The highest BCUT2D eigenvalue weighted by Gasteiger charge is 2.17. The molecule has 0 spiro atoms. The second kappa shape index (κ2) is 6.69. The monoisotopic (exact) mass is 251 g/mol. The first-order valence-electron chi connectivity index (χ1n) is 6.54. The van der Waals surface area contributed by atoms with E-state index in [-0.39, 0.29) is 5.41 Å². The topological polar surface area (TPSA) is 47.0 Å². The van der Waals surface area contributed by atoms with Crippen molar-refractivity contribution in [3.8, 4) is 0 Å². The van der Waals surface area contributed by atoms with Crippen molar-refractivity contribution >= 4 is 5.82 Å². The minimum atomic E-state index is 0.196. The van der Waals surface area contributed by atoms with Gasteiger partial charge in [0.2, 0.25) is 0 Å². The normalized spacial score (nSPS) is 11.6. The summed E-state index contributed by atoms with van der Waals surface area (Å²) >= 11 is 0. The van der Waals surface area contributed by atoms with Crippen LogP contribution in [0.5, 0.6) is 0 Å². The molecule has 1 rings (SSSR count). The van der Waals surface area contributed by atoms with Crippen molar-refractivity contribution in [1.29, 1.82) is 0 Å². The minimum Gasteiger partial charge on any atom is -0.385 e. The molecule has 4 heteroatoms. The van der Waals surface area contributed by atoms with Crippen molar-refractivity contribution in [2.24, 2.45) is 5.41 Å². The molecular weight excluding hydrogens is 226 g/mol. The SMILES string of the molecule is CCc1cc(NCC(C)(C)CCOC)nc(C)n1. The lowest BCUT2D eigenvalue weighted by atomic mass is 9.90. The van der Waals surface area contributed by atoms with Crippen LogP contribution in [0.1, 0.15) is 38.7 Å². The molecule has 0 amide bonds. The Morgan fingerprint density at radius 3 is 2.67 bits per heavy atom. The number of aromatic nitrogens is 2. The van der Waals surface area contributed by atoms with E-state index in [0.717, 1.165) is 43.3 Å². The second-order valence-corrected chi connectivity index (χ2v) is 5.41. The van der Waals surface area contributed by atoms with E-state index in [0.29, 0.717) is 0 Å². The predicted octanol–water partition coefficient (Wildman–Crippen LogP) is 2.82. The van der Waals surface area contributed by atoms with Crippen molar-refractivity contribution < 1.29 is 4.74 Å². The van der Waals surface area contributed by atoms with Gasteiger partial charge in [-0.2, -0.15) is 0 Å². The molecule has 0 aliphatic heterocycles. The number of anilines is 1. The molecule has 0 radical (unpaired) electrons. The van der Waals surface area contributed by atoms with Crippen LogP contribution in [0.3, 0.4) is 0 Å². The minimum absolute atomic E-state index is 0.196. The number of hydrogen-bond acceptors (Lipinski definition) is 4. The van der Waals surface area contributed by atoms with Crippen LogP contribution < -0.4 is 5.32 Å². The Bertz CT molecular complexity index is 377. The predicted molar refractivity (Wildman–Crippen MR) is 74.9 cm³/mol. The van der Waals surface area contributed by atoms with Gasteiger partial charge < -0.3 is 10.1 Å². The van der Waals surface area contributed by atoms with Gasteiger partial charge in [0.15, 0.2) is 0 Å². The quantitative estimate of drug-likeness (QED) is 0.809. The first-order valence-corrected chi connectivity index (χ1v) is 6.54. The third-order valence-electron chi connectivity index (χ3n) is 2.98. The molecule has 0 atom stereocenters. The fourth-order valence-electron chi connectivity index (χ4n) is 1.70. The molecule has 1 aromatic rings. The summed E-state index contributed by atoms with van der Waals surface area (Å²) in [6.07, 6.45) is 1.96. The van der Waals surface area contributed by atoms with Crippen molar-refractivity contribution in [1.82, 2.24) is 9.97 Å². The molecule has 18 heavy (non-hydrogen) atoms. The van der Waals surface area contributed by atoms with Gasteiger partial charge in [-0.15, -0.1) is 0 Å². The van der Waals surface area contributed by atoms with Crippen LogP contribution in [-0.2, 0) is 11.2 Å². The number of ether oxygens (including phenoxy) is 1. The summed E-state index contributed by atoms with van der Waals surface area (Å²) < 4.78 is 5.13. The molecule has 1 N–H and O–H groups in total. The lowest BCUT2D eigenvalue weighted by Gasteiger charge is -2.25. The molecule has 0 aromatic carbocycles. The summed E-state index contributed by atoms with van der Waals surface area (Å²) in [5.74, 6) is 1.75. The molecule has 0 bridgehead atoms. The van der Waals surface area contributed by atoms with Crippen LogP contribution in [-0.4, -0.2) is 30.2 Å². The van der Waals surface area contributed by atoms with Gasteiger partial charge in [-0.3, -0.25) is 0 Å². The summed E-state index contributed by atoms with van der Waals surface area (Å²) in [6, 6.07) is 2.03. The van der Waals surface area contributed by atoms with Gasteiger partial charge in [-0.25, -0.2) is 9.97 Å². The van der Waals surface area contributed by atoms with Gasteiger partial charge in [0.1, 0.15) is 11.6 Å². The fourth-order valence-corrected chi connectivity index (χ4v) is 1.70. The van der Waals surface area contributed by atoms with Crippen LogP contribution in [0.25, 0.3) is 0 Å². The molecule has 0 unspecified atom stereocenters. The average molecular weight is 251 g/mol. The average Bonchev–Trinajstić information content (AvgIpc) is 2.33. The standard InChI is InChI=1S/C14H25N3O/c1-6-12-9-13(17-11(2)16-12)15-10-14(3,4)7-8-18-5/h9H,6-8,10H2,1-5H3,(H,15,16,17). The summed E-state index contributed by atoms with van der Waals surface area (Å²) in [5.41, 5.74) is 1.28. The zero-order valence-corrected chi connectivity index (χ0v) is 12.2. The number of nitrogens with zero attached hydrogens (tertiary/aromatic N) is 2. The van der Waals surface area contributed by atoms with E-state index in [1.807, 2.05) is 13.0 Å². The highest BCUT2D eigenvalue weighted by Crippen LogP contribution is 2.21. The Balaban J connectivity index is 2.59. The van der Waals surface area contributed by atoms with Gasteiger partial charge in [-0.05, 0) is 25.2 Å². The molecule has 4 nitrogen and oxygen atoms in total. The van der Waals surface area contributed by atoms with E-state index >= 15 is 0 Å². The van der Waals surface area contributed by atoms with Gasteiger partial charge in [0, 0.05) is 32.0 Å². The van der Waals surface area contributed by atoms with Crippen LogP contribution in [0, 0.1) is 12.3 Å². The molecule has 1 heterocycles. The zero-order valence-electron chi connectivity index (χ0n) is 12.2. The number of rotatable bonds is 7. The molecule has 0 saturated carbocycles. The number of aryl methyl sites for hydroxylation is 2. The van der Waals surface area contributed by atoms with E-state index in [1.165, 1.54) is 0 Å². The first-order chi connectivity index (χ1) is 8.46. The Hall–Kier alpha value is -1.16. The Morgan fingerprint density at radius 1 is 1.33 bits per heavy atom. The maximum atomic E-state index is 5.13. The summed E-state index contributed by atoms with van der Waals surface area (Å²) in [6.45, 7) is 10.2. The maximum absolute atomic E-state index is 5.13. The summed E-state index contributed by atoms with van der Waals surface area (Å²) in [7, 11) is 1.74. The molecular formula is C14H25N3O. The summed E-state index contributed by atoms with van der Waals surface area (Å²) in [4.78, 5) is 8.79. The van der Waals surface area contributed by atoms with Crippen molar-refractivity contribution in [3.63, 3.8) is 0 Å². The molecule has 0 fully saturated rings. The van der Waals surface area contributed by atoms with Crippen LogP contribution in [0.15, 0.2) is 6.07 Å². The third-order valence-corrected chi connectivity index (χ3v) is 2.98. The Kier molecular flexibility index (Phi) is 5.54. The Morgan fingerprint density at radius 2 is 2.06 bits per heavy atom. The van der Waals surface area contributed by atoms with E-state index in [9.17, 15) is 0 Å². The van der Waals surface area contributed by atoms with Gasteiger partial charge in [0.05, 0.1) is 0 Å². The van der Waals surface area contributed by atoms with E-state index < -0.39 is 0 Å². The maximum Gasteiger partial charge on any atom is 0.129 e. The smallest absolute Gasteiger partial charge is 0.129 e. The van der Waals surface area contributed by atoms with Crippen molar-refractivity contribution in [2.45, 2.75) is 40.5 Å². The van der Waals surface area contributed by atoms with E-state index in [1.54, 1.807) is 7.11 Å². The molecule has 0 aliphatic rings.